The third-order valence-corrected chi connectivity index (χ3v) is 0.761. The fourth-order valence-corrected chi connectivity index (χ4v) is 0.351. The van der Waals surface area contributed by atoms with Crippen molar-refractivity contribution in [1.82, 2.24) is 15.2 Å². The number of hydrogen-bond acceptors (Lipinski definition) is 5. The van der Waals surface area contributed by atoms with E-state index in [1.54, 1.807) is 0 Å². The van der Waals surface area contributed by atoms with Crippen LogP contribution in [-0.4, -0.2) is 26.2 Å². The van der Waals surface area contributed by atoms with Gasteiger partial charge in [-0.1, -0.05) is 0 Å². The first-order valence-corrected chi connectivity index (χ1v) is 3.12. The summed E-state index contributed by atoms with van der Waals surface area (Å²) in [5.41, 5.74) is 9.35. The smallest absolute Gasteiger partial charge is 0.315 e. The van der Waals surface area contributed by atoms with E-state index in [-0.39, 0.29) is 11.6 Å². The van der Waals surface area contributed by atoms with Crippen LogP contribution in [0.3, 0.4) is 0 Å². The molecule has 8 N–H and O–H groups in total. The molecule has 1 aromatic heterocycles. The predicted molar refractivity (Wildman–Crippen MR) is 45.5 cm³/mol. The number of nitro groups is 1. The van der Waals surface area contributed by atoms with Crippen molar-refractivity contribution >= 4 is 5.96 Å². The number of H-pyrrole nitrogens is 2. The Balaban J connectivity index is 0.000000292. The molecule has 0 aromatic carbocycles. The fraction of sp³-hybridized carbons (Fsp3) is 0. The van der Waals surface area contributed by atoms with E-state index in [9.17, 15) is 10.1 Å². The first-order valence-electron chi connectivity index (χ1n) is 3.12. The van der Waals surface area contributed by atoms with Gasteiger partial charge in [-0.25, -0.2) is 10.1 Å². The first kappa shape index (κ1) is 11.4. The Bertz CT molecular complexity index is 339. The van der Waals surface area contributed by atoms with E-state index in [1.807, 2.05) is 0 Å². The van der Waals surface area contributed by atoms with E-state index in [1.165, 1.54) is 6.33 Å². The van der Waals surface area contributed by atoms with E-state index in [0.717, 1.165) is 0 Å². The minimum atomic E-state index is -0.827. The van der Waals surface area contributed by atoms with E-state index in [4.69, 9.17) is 11.5 Å². The van der Waals surface area contributed by atoms with Crippen LogP contribution in [0, 0.1) is 10.1 Å². The molecule has 0 amide bonds. The minimum absolute atomic E-state index is 0.0417. The number of aromatic nitrogens is 3. The number of guanidine groups is 1. The van der Waals surface area contributed by atoms with Crippen molar-refractivity contribution in [1.29, 1.82) is 0 Å². The van der Waals surface area contributed by atoms with Crippen LogP contribution in [0.15, 0.2) is 16.5 Å². The molecule has 0 saturated heterocycles. The van der Waals surface area contributed by atoms with Crippen molar-refractivity contribution in [2.24, 2.45) is 27.5 Å². The zero-order valence-corrected chi connectivity index (χ0v) is 6.91. The van der Waals surface area contributed by atoms with Gasteiger partial charge in [-0.05, 0) is 0 Å². The molecule has 0 unspecified atom stereocenters. The molecule has 0 bridgehead atoms. The third kappa shape index (κ3) is 6.14. The number of nitrogens with two attached hydrogens (primary N) is 3. The average Bonchev–Trinajstić information content (AvgIpc) is 2.57. The molecule has 0 atom stereocenters. The molecule has 0 radical (unpaired) electrons. The molecule has 0 fully saturated rings. The molecule has 1 rings (SSSR count). The molecule has 0 aliphatic carbocycles. The highest BCUT2D eigenvalue weighted by Crippen LogP contribution is 1.61. The Labute approximate surface area is 76.8 Å². The molecule has 78 valence electrons. The van der Waals surface area contributed by atoms with Crippen molar-refractivity contribution in [2.45, 2.75) is 0 Å². The van der Waals surface area contributed by atoms with Crippen LogP contribution in [0.4, 0.5) is 0 Å². The van der Waals surface area contributed by atoms with Gasteiger partial charge in [0, 0.05) is 0 Å². The van der Waals surface area contributed by atoms with Crippen molar-refractivity contribution in [3.8, 4) is 0 Å². The van der Waals surface area contributed by atoms with Crippen LogP contribution in [0.25, 0.3) is 0 Å². The normalized spacial score (nSPS) is 9.86. The van der Waals surface area contributed by atoms with Crippen molar-refractivity contribution in [3.63, 3.8) is 0 Å². The van der Waals surface area contributed by atoms with Gasteiger partial charge in [0.25, 0.3) is 0 Å². The van der Waals surface area contributed by atoms with Gasteiger partial charge < -0.3 is 17.3 Å². The SMILES string of the molecule is NN=C(N)N.O=[N+]([O-])/N=c1\nc[nH][nH]1. The number of hydrazone groups is 1. The van der Waals surface area contributed by atoms with Crippen LogP contribution in [-0.2, 0) is 0 Å². The van der Waals surface area contributed by atoms with Crippen molar-refractivity contribution < 1.29 is 5.03 Å². The van der Waals surface area contributed by atoms with Crippen LogP contribution < -0.4 is 22.9 Å². The molecule has 11 nitrogen and oxygen atoms in total. The molecule has 0 aliphatic rings. The molecular weight excluding hydrogens is 194 g/mol. The lowest BCUT2D eigenvalue weighted by molar-refractivity contribution is -0.491. The number of nitrogens with one attached hydrogen (secondary N) is 2. The first-order chi connectivity index (χ1) is 6.56. The summed E-state index contributed by atoms with van der Waals surface area (Å²) in [5, 5.41) is 19.2. The zero-order chi connectivity index (χ0) is 11.0. The van der Waals surface area contributed by atoms with E-state index in [0.29, 0.717) is 0 Å². The van der Waals surface area contributed by atoms with Gasteiger partial charge in [-0.3, -0.25) is 10.2 Å². The van der Waals surface area contributed by atoms with Crippen molar-refractivity contribution in [2.75, 3.05) is 0 Å². The average molecular weight is 203 g/mol. The molecule has 0 saturated carbocycles. The van der Waals surface area contributed by atoms with E-state index < -0.39 is 5.03 Å². The second-order valence-corrected chi connectivity index (χ2v) is 1.74. The maximum atomic E-state index is 9.63. The predicted octanol–water partition coefficient (Wildman–Crippen LogP) is -3.04. The summed E-state index contributed by atoms with van der Waals surface area (Å²) in [4.78, 5) is 13.1. The summed E-state index contributed by atoms with van der Waals surface area (Å²) in [6.45, 7) is 0. The van der Waals surface area contributed by atoms with Gasteiger partial charge >= 0.3 is 5.62 Å². The zero-order valence-electron chi connectivity index (χ0n) is 6.91. The molecule has 14 heavy (non-hydrogen) atoms. The van der Waals surface area contributed by atoms with Gasteiger partial charge in [0.05, 0.1) is 0 Å². The van der Waals surface area contributed by atoms with Crippen LogP contribution in [0.5, 0.6) is 0 Å². The van der Waals surface area contributed by atoms with E-state index in [2.05, 4.69) is 31.2 Å². The number of rotatable bonds is 1. The van der Waals surface area contributed by atoms with Crippen LogP contribution in [0.2, 0.25) is 0 Å². The molecular formula is C3H9N9O2. The Morgan fingerprint density at radius 3 is 2.50 bits per heavy atom. The minimum Gasteiger partial charge on any atom is -0.369 e. The van der Waals surface area contributed by atoms with E-state index >= 15 is 0 Å². The molecule has 11 heteroatoms. The van der Waals surface area contributed by atoms with Gasteiger partial charge in [-0.15, -0.1) is 5.10 Å². The lowest BCUT2D eigenvalue weighted by atomic mass is 11.1. The Hall–Kier alpha value is -2.59. The highest BCUT2D eigenvalue weighted by atomic mass is 16.7. The standard InChI is InChI=1S/C2H3N5O2.CH6N4/c8-7(9)6-2-3-1-4-5-2;2-1(3)5-4/h1H,(H2,3,4,5,6);4H2,(H4,2,3,5). The second-order valence-electron chi connectivity index (χ2n) is 1.74. The van der Waals surface area contributed by atoms with Crippen LogP contribution in [0.1, 0.15) is 0 Å². The van der Waals surface area contributed by atoms with Gasteiger partial charge in [0.15, 0.2) is 5.03 Å². The second kappa shape index (κ2) is 5.99. The largest absolute Gasteiger partial charge is 0.369 e. The number of hydrogen-bond donors (Lipinski definition) is 5. The summed E-state index contributed by atoms with van der Waals surface area (Å²) < 4.78 is 0. The fourth-order valence-electron chi connectivity index (χ4n) is 0.351. The number of nitrogens with zero attached hydrogens (tertiary/aromatic N) is 4. The van der Waals surface area contributed by atoms with Gasteiger partial charge in [0.1, 0.15) is 11.4 Å². The topological polar surface area (TPSA) is 190 Å². The maximum absolute atomic E-state index is 9.63. The summed E-state index contributed by atoms with van der Waals surface area (Å²) in [6.07, 6.45) is 1.27. The van der Waals surface area contributed by atoms with Crippen molar-refractivity contribution in [3.05, 3.63) is 22.1 Å². The molecule has 0 aliphatic heterocycles. The summed E-state index contributed by atoms with van der Waals surface area (Å²) in [6, 6.07) is 0. The summed E-state index contributed by atoms with van der Waals surface area (Å²) >= 11 is 0. The van der Waals surface area contributed by atoms with Crippen LogP contribution >= 0.6 is 0 Å². The third-order valence-electron chi connectivity index (χ3n) is 0.761. The molecule has 1 heterocycles. The van der Waals surface area contributed by atoms with Gasteiger partial charge in [-0.2, -0.15) is 4.98 Å². The lowest BCUT2D eigenvalue weighted by Gasteiger charge is -1.76. The van der Waals surface area contributed by atoms with Gasteiger partial charge in [0.2, 0.25) is 5.96 Å². The Morgan fingerprint density at radius 2 is 2.21 bits per heavy atom. The Kier molecular flexibility index (Phi) is 4.88. The quantitative estimate of drug-likeness (QED) is 0.106. The highest BCUT2D eigenvalue weighted by Gasteiger charge is 1.88. The Morgan fingerprint density at radius 1 is 1.64 bits per heavy atom. The number of aromatic amines is 2. The molecule has 1 aromatic rings. The summed E-state index contributed by atoms with van der Waals surface area (Å²) in [5.74, 6) is 4.42. The lowest BCUT2D eigenvalue weighted by Crippen LogP contribution is -2.23. The maximum Gasteiger partial charge on any atom is 0.315 e. The summed E-state index contributed by atoms with van der Waals surface area (Å²) in [7, 11) is 0. The highest BCUT2D eigenvalue weighted by molar-refractivity contribution is 5.75. The molecule has 0 spiro atoms. The monoisotopic (exact) mass is 203 g/mol.